The highest BCUT2D eigenvalue weighted by atomic mass is 32.1. The average molecular weight is 313 g/mol. The van der Waals surface area contributed by atoms with Gasteiger partial charge in [-0.2, -0.15) is 0 Å². The minimum absolute atomic E-state index is 0.320. The molecule has 4 N–H and O–H groups in total. The van der Waals surface area contributed by atoms with Crippen LogP contribution < -0.4 is 11.1 Å². The van der Waals surface area contributed by atoms with Crippen LogP contribution in [0.25, 0.3) is 0 Å². The van der Waals surface area contributed by atoms with Crippen LogP contribution >= 0.6 is 11.3 Å². The lowest BCUT2D eigenvalue weighted by molar-refractivity contribution is -0.143. The maximum absolute atomic E-state index is 11.9. The molecule has 8 nitrogen and oxygen atoms in total. The number of nitrogens with two attached hydrogens (primary N) is 1. The Morgan fingerprint density at radius 2 is 2.10 bits per heavy atom. The average Bonchev–Trinajstić information content (AvgIpc) is 2.89. The largest absolute Gasteiger partial charge is 0.480 e. The number of carboxylic acids is 1. The second-order valence-corrected chi connectivity index (χ2v) is 5.21. The summed E-state index contributed by atoms with van der Waals surface area (Å²) >= 11 is 1.24. The molecule has 0 aliphatic heterocycles. The standard InChI is InChI=1S/C12H15N3O5S/c1-15(11(18)8-3-2-4-21-8)6-10(17)14-7(12(19)20)5-9(13)16/h2-4,7H,5-6H2,1H3,(H2,13,16)(H,14,17)(H,19,20). The van der Waals surface area contributed by atoms with E-state index in [2.05, 4.69) is 5.32 Å². The highest BCUT2D eigenvalue weighted by Crippen LogP contribution is 2.10. The molecule has 0 radical (unpaired) electrons. The second kappa shape index (κ2) is 7.39. The van der Waals surface area contributed by atoms with Gasteiger partial charge in [0.15, 0.2) is 0 Å². The van der Waals surface area contributed by atoms with Crippen LogP contribution in [0.1, 0.15) is 16.1 Å². The summed E-state index contributed by atoms with van der Waals surface area (Å²) in [5.74, 6) is -3.24. The molecule has 0 saturated carbocycles. The number of nitrogens with zero attached hydrogens (tertiary/aromatic N) is 1. The molecule has 114 valence electrons. The van der Waals surface area contributed by atoms with Crippen molar-refractivity contribution < 1.29 is 24.3 Å². The summed E-state index contributed by atoms with van der Waals surface area (Å²) in [7, 11) is 1.42. The van der Waals surface area contributed by atoms with Gasteiger partial charge < -0.3 is 21.1 Å². The van der Waals surface area contributed by atoms with Gasteiger partial charge in [-0.1, -0.05) is 6.07 Å². The van der Waals surface area contributed by atoms with Crippen molar-refractivity contribution >= 4 is 35.0 Å². The van der Waals surface area contributed by atoms with E-state index >= 15 is 0 Å². The van der Waals surface area contributed by atoms with Crippen LogP contribution in [-0.4, -0.2) is 53.3 Å². The fourth-order valence-corrected chi connectivity index (χ4v) is 2.23. The third-order valence-electron chi connectivity index (χ3n) is 2.50. The van der Waals surface area contributed by atoms with Gasteiger partial charge in [-0.3, -0.25) is 14.4 Å². The van der Waals surface area contributed by atoms with E-state index < -0.39 is 30.2 Å². The first kappa shape index (κ1) is 16.6. The summed E-state index contributed by atoms with van der Waals surface area (Å²) in [6.07, 6.45) is -0.510. The third-order valence-corrected chi connectivity index (χ3v) is 3.36. The number of hydrogen-bond acceptors (Lipinski definition) is 5. The first-order valence-corrected chi connectivity index (χ1v) is 6.78. The van der Waals surface area contributed by atoms with Gasteiger partial charge >= 0.3 is 5.97 Å². The van der Waals surface area contributed by atoms with Crippen molar-refractivity contribution in [3.8, 4) is 0 Å². The number of thiophene rings is 1. The number of hydrogen-bond donors (Lipinski definition) is 3. The molecule has 0 aliphatic rings. The Labute approximate surface area is 124 Å². The van der Waals surface area contributed by atoms with Gasteiger partial charge in [0, 0.05) is 7.05 Å². The first-order valence-electron chi connectivity index (χ1n) is 5.90. The summed E-state index contributed by atoms with van der Waals surface area (Å²) in [5, 5.41) is 12.7. The van der Waals surface area contributed by atoms with E-state index in [1.807, 2.05) is 0 Å². The predicted octanol–water partition coefficient (Wildman–Crippen LogP) is -0.735. The maximum atomic E-state index is 11.9. The van der Waals surface area contributed by atoms with Gasteiger partial charge in [0.1, 0.15) is 6.04 Å². The maximum Gasteiger partial charge on any atom is 0.326 e. The quantitative estimate of drug-likeness (QED) is 0.610. The zero-order valence-electron chi connectivity index (χ0n) is 11.2. The molecular formula is C12H15N3O5S. The summed E-state index contributed by atoms with van der Waals surface area (Å²) in [5.41, 5.74) is 4.90. The van der Waals surface area contributed by atoms with Gasteiger partial charge in [-0.25, -0.2) is 4.79 Å². The van der Waals surface area contributed by atoms with Crippen molar-refractivity contribution in [2.24, 2.45) is 5.73 Å². The summed E-state index contributed by atoms with van der Waals surface area (Å²) < 4.78 is 0. The first-order chi connectivity index (χ1) is 9.81. The Morgan fingerprint density at radius 3 is 2.57 bits per heavy atom. The van der Waals surface area contributed by atoms with E-state index in [9.17, 15) is 19.2 Å². The van der Waals surface area contributed by atoms with Crippen molar-refractivity contribution in [1.29, 1.82) is 0 Å². The topological polar surface area (TPSA) is 130 Å². The second-order valence-electron chi connectivity index (χ2n) is 4.27. The molecule has 0 spiro atoms. The minimum atomic E-state index is -1.40. The van der Waals surface area contributed by atoms with Gasteiger partial charge in [-0.05, 0) is 11.4 Å². The molecule has 0 saturated heterocycles. The van der Waals surface area contributed by atoms with Gasteiger partial charge in [-0.15, -0.1) is 11.3 Å². The predicted molar refractivity (Wildman–Crippen MR) is 74.7 cm³/mol. The number of rotatable bonds is 7. The molecule has 0 aliphatic carbocycles. The molecule has 9 heteroatoms. The van der Waals surface area contributed by atoms with E-state index in [0.29, 0.717) is 4.88 Å². The van der Waals surface area contributed by atoms with Crippen LogP contribution in [0.15, 0.2) is 17.5 Å². The van der Waals surface area contributed by atoms with E-state index in [1.54, 1.807) is 17.5 Å². The lowest BCUT2D eigenvalue weighted by Crippen LogP contribution is -2.47. The number of aliphatic carboxylic acids is 1. The Hall–Kier alpha value is -2.42. The van der Waals surface area contributed by atoms with E-state index in [0.717, 1.165) is 4.90 Å². The van der Waals surface area contributed by atoms with Gasteiger partial charge in [0.2, 0.25) is 11.8 Å². The molecule has 1 rings (SSSR count). The fourth-order valence-electron chi connectivity index (χ4n) is 1.52. The fraction of sp³-hybridized carbons (Fsp3) is 0.333. The highest BCUT2D eigenvalue weighted by molar-refractivity contribution is 7.12. The monoisotopic (exact) mass is 313 g/mol. The van der Waals surface area contributed by atoms with E-state index in [4.69, 9.17) is 10.8 Å². The highest BCUT2D eigenvalue weighted by Gasteiger charge is 2.23. The molecule has 1 heterocycles. The molecule has 1 aromatic heterocycles. The van der Waals surface area contributed by atoms with Gasteiger partial charge in [0.25, 0.3) is 5.91 Å². The Kier molecular flexibility index (Phi) is 5.85. The van der Waals surface area contributed by atoms with Gasteiger partial charge in [0.05, 0.1) is 17.8 Å². The summed E-state index contributed by atoms with van der Waals surface area (Å²) in [4.78, 5) is 46.8. The molecule has 0 bridgehead atoms. The molecule has 0 aromatic carbocycles. The minimum Gasteiger partial charge on any atom is -0.480 e. The molecule has 1 aromatic rings. The summed E-state index contributed by atoms with van der Waals surface area (Å²) in [6, 6.07) is 1.92. The number of carbonyl (C=O) groups excluding carboxylic acids is 3. The third kappa shape index (κ3) is 5.22. The normalized spacial score (nSPS) is 11.5. The molecule has 21 heavy (non-hydrogen) atoms. The van der Waals surface area contributed by atoms with Crippen LogP contribution in [0, 0.1) is 0 Å². The number of likely N-dealkylation sites (N-methyl/N-ethyl adjacent to an activating group) is 1. The molecular weight excluding hydrogens is 298 g/mol. The Bertz CT molecular complexity index is 543. The molecule has 1 atom stereocenters. The number of nitrogens with one attached hydrogen (secondary N) is 1. The summed E-state index contributed by atoms with van der Waals surface area (Å²) in [6.45, 7) is -0.320. The van der Waals surface area contributed by atoms with Crippen LogP contribution in [-0.2, 0) is 14.4 Å². The van der Waals surface area contributed by atoms with Crippen LogP contribution in [0.4, 0.5) is 0 Å². The zero-order chi connectivity index (χ0) is 16.0. The zero-order valence-corrected chi connectivity index (χ0v) is 12.1. The van der Waals surface area contributed by atoms with Crippen molar-refractivity contribution in [3.63, 3.8) is 0 Å². The van der Waals surface area contributed by atoms with E-state index in [-0.39, 0.29) is 12.5 Å². The van der Waals surface area contributed by atoms with Crippen LogP contribution in [0.5, 0.6) is 0 Å². The van der Waals surface area contributed by atoms with Crippen molar-refractivity contribution in [2.45, 2.75) is 12.5 Å². The number of carbonyl (C=O) groups is 4. The Morgan fingerprint density at radius 1 is 1.43 bits per heavy atom. The van der Waals surface area contributed by atoms with Crippen molar-refractivity contribution in [2.75, 3.05) is 13.6 Å². The lowest BCUT2D eigenvalue weighted by Gasteiger charge is -2.18. The van der Waals surface area contributed by atoms with Crippen molar-refractivity contribution in [3.05, 3.63) is 22.4 Å². The Balaban J connectivity index is 2.57. The van der Waals surface area contributed by atoms with Crippen molar-refractivity contribution in [1.82, 2.24) is 10.2 Å². The number of carboxylic acid groups (broad SMARTS) is 1. The van der Waals surface area contributed by atoms with Crippen LogP contribution in [0.2, 0.25) is 0 Å². The van der Waals surface area contributed by atoms with Crippen LogP contribution in [0.3, 0.4) is 0 Å². The number of amides is 3. The smallest absolute Gasteiger partial charge is 0.326 e. The number of primary amides is 1. The lowest BCUT2D eigenvalue weighted by atomic mass is 10.2. The molecule has 3 amide bonds. The molecule has 1 unspecified atom stereocenters. The van der Waals surface area contributed by atoms with E-state index in [1.165, 1.54) is 18.4 Å². The SMILES string of the molecule is CN(CC(=O)NC(CC(N)=O)C(=O)O)C(=O)c1cccs1. The molecule has 0 fully saturated rings.